The van der Waals surface area contributed by atoms with Crippen molar-refractivity contribution < 1.29 is 18.9 Å². The molecule has 10 heteroatoms. The van der Waals surface area contributed by atoms with Gasteiger partial charge in [0.1, 0.15) is 11.5 Å². The molecule has 0 spiro atoms. The molecule has 0 radical (unpaired) electrons. The Kier molecular flexibility index (Phi) is 9.82. The van der Waals surface area contributed by atoms with Crippen LogP contribution in [0.15, 0.2) is 18.2 Å². The molecule has 0 heterocycles. The second-order valence-electron chi connectivity index (χ2n) is 3.33. The number of rotatable bonds is 7. The molecule has 0 bridgehead atoms. The third-order valence-electron chi connectivity index (χ3n) is 2.09. The Morgan fingerprint density at radius 1 is 1.32 bits per heavy atom. The van der Waals surface area contributed by atoms with Gasteiger partial charge in [-0.3, -0.25) is 0 Å². The maximum atomic E-state index is 9.43. The van der Waals surface area contributed by atoms with Gasteiger partial charge in [-0.1, -0.05) is 0 Å². The molecule has 6 nitrogen and oxygen atoms in total. The first kappa shape index (κ1) is 19.6. The molecule has 0 saturated carbocycles. The van der Waals surface area contributed by atoms with Gasteiger partial charge < -0.3 is 9.63 Å². The van der Waals surface area contributed by atoms with E-state index >= 15 is 0 Å². The van der Waals surface area contributed by atoms with Gasteiger partial charge in [-0.25, -0.2) is 21.0 Å². The van der Waals surface area contributed by atoms with Gasteiger partial charge in [-0.2, -0.15) is 0 Å². The summed E-state index contributed by atoms with van der Waals surface area (Å²) in [4.78, 5) is 0. The van der Waals surface area contributed by atoms with E-state index in [-0.39, 0.29) is 35.3 Å². The number of nitrogens with two attached hydrogens (primary N) is 2. The summed E-state index contributed by atoms with van der Waals surface area (Å²) in [7, 11) is 0. The van der Waals surface area contributed by atoms with Crippen molar-refractivity contribution in [3.8, 4) is 11.5 Å². The number of hydrogen-bond donors (Lipinski definition) is 3. The molecule has 0 aliphatic carbocycles. The van der Waals surface area contributed by atoms with Crippen molar-refractivity contribution in [2.24, 2.45) is 11.8 Å². The summed E-state index contributed by atoms with van der Waals surface area (Å²) in [5.41, 5.74) is 0.721. The average molecular weight is 337 g/mol. The Balaban J connectivity index is 0.00000324. The van der Waals surface area contributed by atoms with E-state index in [1.54, 1.807) is 6.07 Å². The molecule has 1 aromatic rings. The monoisotopic (exact) mass is 336 g/mol. The van der Waals surface area contributed by atoms with E-state index < -0.39 is 6.72 Å². The minimum atomic E-state index is -3.20. The third kappa shape index (κ3) is 6.27. The number of phenols is 1. The van der Waals surface area contributed by atoms with Crippen LogP contribution in [0.4, 0.5) is 0 Å². The van der Waals surface area contributed by atoms with Crippen LogP contribution < -0.4 is 16.3 Å². The van der Waals surface area contributed by atoms with E-state index in [0.29, 0.717) is 18.1 Å². The normalized spacial score (nSPS) is 10.9. The zero-order valence-corrected chi connectivity index (χ0v) is 11.9. The van der Waals surface area contributed by atoms with E-state index in [4.69, 9.17) is 39.7 Å². The molecule has 0 fully saturated rings. The summed E-state index contributed by atoms with van der Waals surface area (Å²) >= 11 is 10.5. The Hall–Kier alpha value is 0.600. The molecular formula is C9H15ClN2NaO4PS. The molecule has 0 aliphatic heterocycles. The Labute approximate surface area is 143 Å². The van der Waals surface area contributed by atoms with Crippen molar-refractivity contribution >= 4 is 59.7 Å². The van der Waals surface area contributed by atoms with Crippen LogP contribution in [0.2, 0.25) is 0 Å². The van der Waals surface area contributed by atoms with Crippen molar-refractivity contribution in [3.05, 3.63) is 23.8 Å². The van der Waals surface area contributed by atoms with Gasteiger partial charge in [0, 0.05) is 17.7 Å². The predicted octanol–water partition coefficient (Wildman–Crippen LogP) is 1.30. The number of aromatic hydroxyl groups is 1. The summed E-state index contributed by atoms with van der Waals surface area (Å²) < 4.78 is 14.3. The van der Waals surface area contributed by atoms with Crippen LogP contribution in [-0.4, -0.2) is 40.5 Å². The fraction of sp³-hybridized carbons (Fsp3) is 0.333. The first-order valence-corrected chi connectivity index (χ1v) is 8.08. The standard InChI is InChI=1S/C9H14ClN2O4PS.Na.H/c10-5-1-2-7-6-8(13)3-4-9(7)14-17(18,15-11)16-12;;/h3-4,6,13H,1-2,5,11-12H2;;. The van der Waals surface area contributed by atoms with Crippen molar-refractivity contribution in [1.29, 1.82) is 0 Å². The fourth-order valence-electron chi connectivity index (χ4n) is 1.30. The molecule has 1 rings (SSSR count). The molecule has 0 atom stereocenters. The zero-order chi connectivity index (χ0) is 13.6. The van der Waals surface area contributed by atoms with Gasteiger partial charge in [0.25, 0.3) is 0 Å². The van der Waals surface area contributed by atoms with Crippen LogP contribution in [0.5, 0.6) is 11.5 Å². The molecule has 0 saturated heterocycles. The molecule has 0 unspecified atom stereocenters. The van der Waals surface area contributed by atoms with E-state index in [0.717, 1.165) is 12.0 Å². The number of benzene rings is 1. The molecule has 0 aromatic heterocycles. The summed E-state index contributed by atoms with van der Waals surface area (Å²) in [5, 5.41) is 9.43. The van der Waals surface area contributed by atoms with Crippen LogP contribution in [0, 0.1) is 0 Å². The first-order valence-electron chi connectivity index (χ1n) is 4.99. The van der Waals surface area contributed by atoms with Crippen molar-refractivity contribution in [3.63, 3.8) is 0 Å². The summed E-state index contributed by atoms with van der Waals surface area (Å²) in [6.07, 6.45) is 1.33. The number of hydrogen-bond acceptors (Lipinski definition) is 7. The Morgan fingerprint density at radius 3 is 2.47 bits per heavy atom. The molecule has 5 N–H and O–H groups in total. The maximum absolute atomic E-state index is 9.43. The van der Waals surface area contributed by atoms with Gasteiger partial charge in [0.05, 0.1) is 0 Å². The van der Waals surface area contributed by atoms with E-state index in [1.165, 1.54) is 12.1 Å². The third-order valence-corrected chi connectivity index (χ3v) is 4.04. The van der Waals surface area contributed by atoms with Crippen molar-refractivity contribution in [2.75, 3.05) is 5.88 Å². The predicted molar refractivity (Wildman–Crippen MR) is 79.8 cm³/mol. The van der Waals surface area contributed by atoms with E-state index in [1.807, 2.05) is 0 Å². The van der Waals surface area contributed by atoms with Gasteiger partial charge in [-0.15, -0.1) is 11.6 Å². The summed E-state index contributed by atoms with van der Waals surface area (Å²) in [6.45, 7) is -3.20. The van der Waals surface area contributed by atoms with Gasteiger partial charge >= 0.3 is 36.3 Å². The molecule has 19 heavy (non-hydrogen) atoms. The van der Waals surface area contributed by atoms with Crippen molar-refractivity contribution in [2.45, 2.75) is 12.8 Å². The molecule has 0 aliphatic rings. The van der Waals surface area contributed by atoms with Crippen LogP contribution in [0.25, 0.3) is 0 Å². The minimum absolute atomic E-state index is 0. The molecular weight excluding hydrogens is 322 g/mol. The van der Waals surface area contributed by atoms with E-state index in [2.05, 4.69) is 9.25 Å². The van der Waals surface area contributed by atoms with Crippen LogP contribution >= 0.6 is 18.3 Å². The second kappa shape index (κ2) is 9.52. The molecule has 0 amide bonds. The van der Waals surface area contributed by atoms with Gasteiger partial charge in [0.2, 0.25) is 0 Å². The number of alkyl halides is 1. The Morgan fingerprint density at radius 2 is 1.95 bits per heavy atom. The van der Waals surface area contributed by atoms with Gasteiger partial charge in [-0.05, 0) is 36.6 Å². The average Bonchev–Trinajstić information content (AvgIpc) is 2.38. The van der Waals surface area contributed by atoms with Crippen LogP contribution in [0.1, 0.15) is 12.0 Å². The second-order valence-corrected chi connectivity index (χ2v) is 6.55. The number of aryl methyl sites for hydroxylation is 1. The zero-order valence-electron chi connectivity index (χ0n) is 9.41. The number of halogens is 1. The number of phenolic OH excluding ortho intramolecular Hbond substituents is 1. The van der Waals surface area contributed by atoms with Gasteiger partial charge in [0.15, 0.2) is 0 Å². The molecule has 1 aromatic carbocycles. The van der Waals surface area contributed by atoms with Crippen LogP contribution in [0.3, 0.4) is 0 Å². The first-order chi connectivity index (χ1) is 8.54. The van der Waals surface area contributed by atoms with Crippen molar-refractivity contribution in [1.82, 2.24) is 0 Å². The quantitative estimate of drug-likeness (QED) is 0.298. The van der Waals surface area contributed by atoms with E-state index in [9.17, 15) is 5.11 Å². The fourth-order valence-corrected chi connectivity index (χ4v) is 2.23. The molecule has 104 valence electrons. The SMILES string of the molecule is NOP(=S)(ON)Oc1ccc(O)cc1CCCCl.[NaH]. The van der Waals surface area contributed by atoms with Crippen LogP contribution in [-0.2, 0) is 27.5 Å². The summed E-state index contributed by atoms with van der Waals surface area (Å²) in [5.74, 6) is 11.0. The summed E-state index contributed by atoms with van der Waals surface area (Å²) in [6, 6.07) is 4.54. The Bertz CT molecular complexity index is 446. The topological polar surface area (TPSA) is 100.0 Å².